The number of para-hydroxylation sites is 1. The lowest BCUT2D eigenvalue weighted by molar-refractivity contribution is -0.138. The van der Waals surface area contributed by atoms with Crippen molar-refractivity contribution in [1.29, 1.82) is 0 Å². The molecule has 3 nitrogen and oxygen atoms in total. The van der Waals surface area contributed by atoms with Gasteiger partial charge in [0, 0.05) is 25.1 Å². The van der Waals surface area contributed by atoms with E-state index in [9.17, 15) is 13.2 Å². The summed E-state index contributed by atoms with van der Waals surface area (Å²) in [5.41, 5.74) is 0.830. The summed E-state index contributed by atoms with van der Waals surface area (Å²) in [6.45, 7) is 0.566. The molecule has 0 amide bonds. The molecule has 0 saturated carbocycles. The molecule has 0 aliphatic rings. The van der Waals surface area contributed by atoms with Crippen molar-refractivity contribution in [2.45, 2.75) is 25.1 Å². The van der Waals surface area contributed by atoms with Crippen LogP contribution in [0, 0.1) is 0 Å². The Morgan fingerprint density at radius 2 is 1.95 bits per heavy atom. The van der Waals surface area contributed by atoms with Crippen LogP contribution < -0.4 is 10.1 Å². The van der Waals surface area contributed by atoms with Gasteiger partial charge >= 0.3 is 6.18 Å². The molecule has 1 N–H and O–H groups in total. The van der Waals surface area contributed by atoms with Gasteiger partial charge in [0.1, 0.15) is 5.75 Å². The molecule has 20 heavy (non-hydrogen) atoms. The summed E-state index contributed by atoms with van der Waals surface area (Å²) < 4.78 is 47.1. The van der Waals surface area contributed by atoms with Crippen molar-refractivity contribution in [2.24, 2.45) is 0 Å². The Kier molecular flexibility index (Phi) is 6.81. The zero-order chi connectivity index (χ0) is 15.0. The molecule has 0 heterocycles. The summed E-state index contributed by atoms with van der Waals surface area (Å²) in [7, 11) is 3.32. The van der Waals surface area contributed by atoms with E-state index in [4.69, 9.17) is 9.47 Å². The van der Waals surface area contributed by atoms with E-state index in [0.29, 0.717) is 12.3 Å². The second-order valence-corrected chi connectivity index (χ2v) is 4.38. The smallest absolute Gasteiger partial charge is 0.389 e. The number of alkyl halides is 3. The lowest BCUT2D eigenvalue weighted by Gasteiger charge is -2.20. The van der Waals surface area contributed by atoms with Crippen LogP contribution in [-0.4, -0.2) is 33.5 Å². The predicted octanol–water partition coefficient (Wildman–Crippen LogP) is 3.31. The molecular weight excluding hydrogens is 271 g/mol. The molecule has 1 aromatic rings. The van der Waals surface area contributed by atoms with E-state index in [-0.39, 0.29) is 19.1 Å². The molecule has 0 aliphatic carbocycles. The zero-order valence-corrected chi connectivity index (χ0v) is 11.7. The van der Waals surface area contributed by atoms with Gasteiger partial charge in [0.2, 0.25) is 0 Å². The van der Waals surface area contributed by atoms with Crippen LogP contribution in [0.15, 0.2) is 24.3 Å². The zero-order valence-electron chi connectivity index (χ0n) is 11.7. The maximum Gasteiger partial charge on any atom is 0.389 e. The summed E-state index contributed by atoms with van der Waals surface area (Å²) in [4.78, 5) is 0. The van der Waals surface area contributed by atoms with Gasteiger partial charge in [-0.1, -0.05) is 18.2 Å². The van der Waals surface area contributed by atoms with Crippen LogP contribution in [-0.2, 0) is 4.74 Å². The number of rotatable bonds is 8. The molecule has 6 heteroatoms. The number of hydrogen-bond donors (Lipinski definition) is 1. The summed E-state index contributed by atoms with van der Waals surface area (Å²) in [6, 6.07) is 7.34. The highest BCUT2D eigenvalue weighted by atomic mass is 19.4. The van der Waals surface area contributed by atoms with Gasteiger partial charge < -0.3 is 14.8 Å². The van der Waals surface area contributed by atoms with Crippen LogP contribution in [0.25, 0.3) is 0 Å². The summed E-state index contributed by atoms with van der Waals surface area (Å²) in [5, 5.41) is 2.97. The SMILES string of the molecule is CNCC(OCCCC(F)(F)F)c1ccccc1OC. The second kappa shape index (κ2) is 8.11. The lowest BCUT2D eigenvalue weighted by Crippen LogP contribution is -2.21. The predicted molar refractivity (Wildman–Crippen MR) is 70.9 cm³/mol. The molecule has 0 spiro atoms. The first-order chi connectivity index (χ1) is 9.48. The molecule has 114 valence electrons. The fourth-order valence-electron chi connectivity index (χ4n) is 1.87. The van der Waals surface area contributed by atoms with E-state index in [1.165, 1.54) is 0 Å². The number of methoxy groups -OCH3 is 1. The molecule has 1 atom stereocenters. The maximum absolute atomic E-state index is 12.1. The Labute approximate surface area is 117 Å². The van der Waals surface area contributed by atoms with Crippen molar-refractivity contribution in [3.63, 3.8) is 0 Å². The molecular formula is C14H20F3NO2. The van der Waals surface area contributed by atoms with Gasteiger partial charge in [-0.3, -0.25) is 0 Å². The number of benzene rings is 1. The number of nitrogens with one attached hydrogen (secondary N) is 1. The highest BCUT2D eigenvalue weighted by Crippen LogP contribution is 2.28. The van der Waals surface area contributed by atoms with Crippen LogP contribution in [0.3, 0.4) is 0 Å². The third kappa shape index (κ3) is 5.79. The molecule has 1 unspecified atom stereocenters. The van der Waals surface area contributed by atoms with Gasteiger partial charge in [-0.2, -0.15) is 13.2 Å². The average Bonchev–Trinajstić information content (AvgIpc) is 2.41. The summed E-state index contributed by atoms with van der Waals surface area (Å²) >= 11 is 0. The minimum atomic E-state index is -4.13. The molecule has 1 rings (SSSR count). The Morgan fingerprint density at radius 3 is 2.55 bits per heavy atom. The van der Waals surface area contributed by atoms with Crippen LogP contribution >= 0.6 is 0 Å². The normalized spacial score (nSPS) is 13.2. The fourth-order valence-corrected chi connectivity index (χ4v) is 1.87. The van der Waals surface area contributed by atoms with Crippen molar-refractivity contribution in [3.05, 3.63) is 29.8 Å². The first-order valence-corrected chi connectivity index (χ1v) is 6.44. The van der Waals surface area contributed by atoms with Crippen LogP contribution in [0.4, 0.5) is 13.2 Å². The highest BCUT2D eigenvalue weighted by molar-refractivity contribution is 5.35. The number of likely N-dealkylation sites (N-methyl/N-ethyl adjacent to an activating group) is 1. The molecule has 0 radical (unpaired) electrons. The van der Waals surface area contributed by atoms with E-state index in [1.807, 2.05) is 18.2 Å². The van der Waals surface area contributed by atoms with Gasteiger partial charge in [0.25, 0.3) is 0 Å². The molecule has 0 aromatic heterocycles. The molecule has 0 fully saturated rings. The largest absolute Gasteiger partial charge is 0.496 e. The standard InChI is InChI=1S/C14H20F3NO2/c1-18-10-13(20-9-5-8-14(15,16)17)11-6-3-4-7-12(11)19-2/h3-4,6-7,13,18H,5,8-10H2,1-2H3. The topological polar surface area (TPSA) is 30.5 Å². The molecule has 0 saturated heterocycles. The van der Waals surface area contributed by atoms with Gasteiger partial charge in [-0.05, 0) is 19.5 Å². The third-order valence-corrected chi connectivity index (χ3v) is 2.80. The minimum Gasteiger partial charge on any atom is -0.496 e. The molecule has 0 bridgehead atoms. The van der Waals surface area contributed by atoms with E-state index < -0.39 is 12.6 Å². The van der Waals surface area contributed by atoms with Crippen LogP contribution in [0.1, 0.15) is 24.5 Å². The lowest BCUT2D eigenvalue weighted by atomic mass is 10.1. The van der Waals surface area contributed by atoms with Gasteiger partial charge in [0.05, 0.1) is 13.2 Å². The van der Waals surface area contributed by atoms with Crippen molar-refractivity contribution >= 4 is 0 Å². The highest BCUT2D eigenvalue weighted by Gasteiger charge is 2.26. The van der Waals surface area contributed by atoms with E-state index in [1.54, 1.807) is 20.2 Å². The van der Waals surface area contributed by atoms with Gasteiger partial charge in [-0.15, -0.1) is 0 Å². The van der Waals surface area contributed by atoms with Crippen LogP contribution in [0.2, 0.25) is 0 Å². The van der Waals surface area contributed by atoms with Crippen molar-refractivity contribution in [3.8, 4) is 5.75 Å². The first-order valence-electron chi connectivity index (χ1n) is 6.44. The Hall–Kier alpha value is -1.27. The number of hydrogen-bond acceptors (Lipinski definition) is 3. The number of ether oxygens (including phenoxy) is 2. The fraction of sp³-hybridized carbons (Fsp3) is 0.571. The quantitative estimate of drug-likeness (QED) is 0.745. The summed E-state index contributed by atoms with van der Waals surface area (Å²) in [5.74, 6) is 0.670. The van der Waals surface area contributed by atoms with Crippen LogP contribution in [0.5, 0.6) is 5.75 Å². The van der Waals surface area contributed by atoms with Crippen molar-refractivity contribution < 1.29 is 22.6 Å². The van der Waals surface area contributed by atoms with E-state index >= 15 is 0 Å². The molecule has 0 aliphatic heterocycles. The average molecular weight is 291 g/mol. The first kappa shape index (κ1) is 16.8. The van der Waals surface area contributed by atoms with Crippen molar-refractivity contribution in [1.82, 2.24) is 5.32 Å². The Morgan fingerprint density at radius 1 is 1.25 bits per heavy atom. The number of halogens is 3. The second-order valence-electron chi connectivity index (χ2n) is 4.38. The van der Waals surface area contributed by atoms with E-state index in [0.717, 1.165) is 5.56 Å². The van der Waals surface area contributed by atoms with Gasteiger partial charge in [0.15, 0.2) is 0 Å². The minimum absolute atomic E-state index is 0.0428. The van der Waals surface area contributed by atoms with Gasteiger partial charge in [-0.25, -0.2) is 0 Å². The van der Waals surface area contributed by atoms with Crippen molar-refractivity contribution in [2.75, 3.05) is 27.3 Å². The maximum atomic E-state index is 12.1. The third-order valence-electron chi connectivity index (χ3n) is 2.80. The summed E-state index contributed by atoms with van der Waals surface area (Å²) in [6.07, 6.45) is -5.33. The Bertz CT molecular complexity index is 396. The van der Waals surface area contributed by atoms with E-state index in [2.05, 4.69) is 5.32 Å². The molecule has 1 aromatic carbocycles. The monoisotopic (exact) mass is 291 g/mol. The Balaban J connectivity index is 2.60.